The monoisotopic (exact) mass is 372 g/mol. The molecular weight excluding hydrogens is 356 g/mol. The maximum Gasteiger partial charge on any atom is 0.0964 e. The zero-order chi connectivity index (χ0) is 13.2. The Labute approximate surface area is 138 Å². The molecule has 2 nitrogen and oxygen atoms in total. The number of hydrogen-bond acceptors (Lipinski definition) is 3. The Hall–Kier alpha value is -0.420. The van der Waals surface area contributed by atoms with E-state index in [1.807, 2.05) is 11.3 Å². The van der Waals surface area contributed by atoms with Crippen LogP contribution in [0.1, 0.15) is 23.8 Å². The van der Waals surface area contributed by atoms with E-state index >= 15 is 0 Å². The van der Waals surface area contributed by atoms with Crippen molar-refractivity contribution in [3.63, 3.8) is 0 Å². The molecule has 0 aliphatic carbocycles. The summed E-state index contributed by atoms with van der Waals surface area (Å²) < 4.78 is 1.11. The molecule has 0 atom stereocenters. The molecule has 0 unspecified atom stereocenters. The third-order valence-corrected chi connectivity index (χ3v) is 5.27. The van der Waals surface area contributed by atoms with Crippen LogP contribution in [0.5, 0.6) is 0 Å². The van der Waals surface area contributed by atoms with E-state index in [-0.39, 0.29) is 12.4 Å². The van der Waals surface area contributed by atoms with Gasteiger partial charge in [-0.2, -0.15) is 0 Å². The first-order chi connectivity index (χ1) is 9.22. The minimum atomic E-state index is 0. The van der Waals surface area contributed by atoms with E-state index in [9.17, 15) is 0 Å². The Kier molecular flexibility index (Phi) is 5.61. The van der Waals surface area contributed by atoms with E-state index in [2.05, 4.69) is 57.5 Å². The first-order valence-corrected chi connectivity index (χ1v) is 8.29. The van der Waals surface area contributed by atoms with Crippen molar-refractivity contribution >= 4 is 39.7 Å². The van der Waals surface area contributed by atoms with Crippen LogP contribution in [0.15, 0.2) is 34.1 Å². The van der Waals surface area contributed by atoms with Gasteiger partial charge in [-0.25, -0.2) is 4.98 Å². The molecule has 20 heavy (non-hydrogen) atoms. The second-order valence-electron chi connectivity index (χ2n) is 5.16. The number of rotatable bonds is 2. The van der Waals surface area contributed by atoms with Crippen LogP contribution in [0.2, 0.25) is 0 Å². The molecule has 0 radical (unpaired) electrons. The lowest BCUT2D eigenvalue weighted by Crippen LogP contribution is -2.29. The second kappa shape index (κ2) is 7.03. The zero-order valence-corrected chi connectivity index (χ0v) is 14.6. The van der Waals surface area contributed by atoms with Gasteiger partial charge in [0.1, 0.15) is 0 Å². The van der Waals surface area contributed by atoms with Gasteiger partial charge < -0.3 is 4.90 Å². The maximum atomic E-state index is 4.84. The summed E-state index contributed by atoms with van der Waals surface area (Å²) in [6.45, 7) is 2.38. The van der Waals surface area contributed by atoms with E-state index in [0.717, 1.165) is 10.2 Å². The highest BCUT2D eigenvalue weighted by Crippen LogP contribution is 2.32. The summed E-state index contributed by atoms with van der Waals surface area (Å²) in [5.41, 5.74) is 2.32. The molecule has 2 aromatic rings. The van der Waals surface area contributed by atoms with Crippen LogP contribution >= 0.6 is 39.7 Å². The Morgan fingerprint density at radius 1 is 1.20 bits per heavy atom. The van der Waals surface area contributed by atoms with Crippen molar-refractivity contribution in [2.45, 2.75) is 18.8 Å². The lowest BCUT2D eigenvalue weighted by molar-refractivity contribution is 0.255. The average molecular weight is 374 g/mol. The highest BCUT2D eigenvalue weighted by Gasteiger charge is 2.21. The highest BCUT2D eigenvalue weighted by molar-refractivity contribution is 9.10. The van der Waals surface area contributed by atoms with Crippen molar-refractivity contribution in [2.75, 3.05) is 20.1 Å². The molecule has 0 spiro atoms. The molecular formula is C15H18BrClN2S. The van der Waals surface area contributed by atoms with Gasteiger partial charge in [-0.3, -0.25) is 0 Å². The van der Waals surface area contributed by atoms with Gasteiger partial charge in [0.15, 0.2) is 0 Å². The summed E-state index contributed by atoms with van der Waals surface area (Å²) in [6, 6.07) is 8.39. The summed E-state index contributed by atoms with van der Waals surface area (Å²) in [4.78, 5) is 7.25. The molecule has 1 fully saturated rings. The first-order valence-electron chi connectivity index (χ1n) is 6.62. The van der Waals surface area contributed by atoms with Gasteiger partial charge in [-0.15, -0.1) is 23.7 Å². The normalized spacial score (nSPS) is 16.9. The van der Waals surface area contributed by atoms with Crippen molar-refractivity contribution in [1.29, 1.82) is 0 Å². The van der Waals surface area contributed by atoms with Crippen molar-refractivity contribution in [3.8, 4) is 11.3 Å². The number of thiazole rings is 1. The van der Waals surface area contributed by atoms with Gasteiger partial charge in [-0.05, 0) is 45.1 Å². The molecule has 1 aliphatic heterocycles. The third-order valence-electron chi connectivity index (χ3n) is 3.73. The second-order valence-corrected chi connectivity index (χ2v) is 6.96. The molecule has 1 aromatic heterocycles. The quantitative estimate of drug-likeness (QED) is 0.751. The Morgan fingerprint density at radius 2 is 1.85 bits per heavy atom. The Morgan fingerprint density at radius 3 is 2.50 bits per heavy atom. The van der Waals surface area contributed by atoms with Crippen LogP contribution in [0.3, 0.4) is 0 Å². The van der Waals surface area contributed by atoms with Gasteiger partial charge >= 0.3 is 0 Å². The van der Waals surface area contributed by atoms with E-state index in [0.29, 0.717) is 5.92 Å². The fraction of sp³-hybridized carbons (Fsp3) is 0.400. The summed E-state index contributed by atoms with van der Waals surface area (Å²) in [5, 5.41) is 3.50. The van der Waals surface area contributed by atoms with Crippen molar-refractivity contribution < 1.29 is 0 Å². The Bertz CT molecular complexity index is 547. The van der Waals surface area contributed by atoms with Crippen LogP contribution < -0.4 is 0 Å². The molecule has 0 N–H and O–H groups in total. The lowest BCUT2D eigenvalue weighted by atomic mass is 9.98. The maximum absolute atomic E-state index is 4.84. The molecule has 1 saturated heterocycles. The van der Waals surface area contributed by atoms with Gasteiger partial charge in [0.25, 0.3) is 0 Å². The number of piperidine rings is 1. The van der Waals surface area contributed by atoms with Crippen LogP contribution in [0.25, 0.3) is 11.3 Å². The molecule has 0 saturated carbocycles. The molecule has 2 heterocycles. The molecule has 0 bridgehead atoms. The molecule has 3 rings (SSSR count). The zero-order valence-electron chi connectivity index (χ0n) is 11.4. The van der Waals surface area contributed by atoms with Gasteiger partial charge in [0.05, 0.1) is 10.7 Å². The van der Waals surface area contributed by atoms with E-state index in [1.54, 1.807) is 0 Å². The van der Waals surface area contributed by atoms with Crippen LogP contribution in [0, 0.1) is 0 Å². The van der Waals surface area contributed by atoms with Crippen LogP contribution in [0.4, 0.5) is 0 Å². The fourth-order valence-corrected chi connectivity index (χ4v) is 3.75. The SMILES string of the molecule is CN1CCC(c2nc(-c3ccc(Br)cc3)cs2)CC1.Cl. The van der Waals surface area contributed by atoms with Crippen LogP contribution in [-0.4, -0.2) is 30.0 Å². The van der Waals surface area contributed by atoms with Gasteiger partial charge in [0, 0.05) is 21.3 Å². The largest absolute Gasteiger partial charge is 0.306 e. The lowest BCUT2D eigenvalue weighted by Gasteiger charge is -2.27. The summed E-state index contributed by atoms with van der Waals surface area (Å²) >= 11 is 5.28. The number of likely N-dealkylation sites (tertiary alicyclic amines) is 1. The number of aromatic nitrogens is 1. The topological polar surface area (TPSA) is 16.1 Å². The van der Waals surface area contributed by atoms with E-state index in [1.165, 1.54) is 36.5 Å². The van der Waals surface area contributed by atoms with Gasteiger partial charge in [-0.1, -0.05) is 28.1 Å². The predicted octanol–water partition coefficient (Wildman–Crippen LogP) is 4.80. The summed E-state index contributed by atoms with van der Waals surface area (Å²) in [7, 11) is 2.20. The van der Waals surface area contributed by atoms with Crippen molar-refractivity contribution in [1.82, 2.24) is 9.88 Å². The standard InChI is InChI=1S/C15H17BrN2S.ClH/c1-18-8-6-12(7-9-18)15-17-14(10-19-15)11-2-4-13(16)5-3-11;/h2-5,10,12H,6-9H2,1H3;1H. The minimum absolute atomic E-state index is 0. The number of nitrogens with zero attached hydrogens (tertiary/aromatic N) is 2. The molecule has 5 heteroatoms. The smallest absolute Gasteiger partial charge is 0.0964 e. The van der Waals surface area contributed by atoms with Gasteiger partial charge in [0.2, 0.25) is 0 Å². The average Bonchev–Trinajstić information content (AvgIpc) is 2.90. The predicted molar refractivity (Wildman–Crippen MR) is 92.0 cm³/mol. The minimum Gasteiger partial charge on any atom is -0.306 e. The van der Waals surface area contributed by atoms with Crippen molar-refractivity contribution in [2.24, 2.45) is 0 Å². The first kappa shape index (κ1) is 16.0. The van der Waals surface area contributed by atoms with Crippen LogP contribution in [-0.2, 0) is 0 Å². The molecule has 1 aliphatic rings. The molecule has 108 valence electrons. The number of halogens is 2. The third kappa shape index (κ3) is 3.61. The Balaban J connectivity index is 0.00000147. The van der Waals surface area contributed by atoms with Crippen molar-refractivity contribution in [3.05, 3.63) is 39.1 Å². The molecule has 0 amide bonds. The van der Waals surface area contributed by atoms with E-state index < -0.39 is 0 Å². The summed E-state index contributed by atoms with van der Waals surface area (Å²) in [6.07, 6.45) is 2.48. The number of hydrogen-bond donors (Lipinski definition) is 0. The summed E-state index contributed by atoms with van der Waals surface area (Å²) in [5.74, 6) is 0.658. The van der Waals surface area contributed by atoms with E-state index in [4.69, 9.17) is 4.98 Å². The fourth-order valence-electron chi connectivity index (χ4n) is 2.48. The molecule has 1 aromatic carbocycles. The number of benzene rings is 1. The highest BCUT2D eigenvalue weighted by atomic mass is 79.9.